The molecule has 1 aliphatic rings. The van der Waals surface area contributed by atoms with Crippen LogP contribution in [0.5, 0.6) is 0 Å². The van der Waals surface area contributed by atoms with E-state index in [9.17, 15) is 4.79 Å². The standard InChI is InChI=1S/C12H17N3O/c1-8-5-9(6-10(13)15-8)11(16)14-7-12(2)3-4-12/h5-6H,3-4,7H2,1-2H3,(H2,13,15)(H,14,16). The Kier molecular flexibility index (Phi) is 2.58. The van der Waals surface area contributed by atoms with Crippen LogP contribution in [0.25, 0.3) is 0 Å². The molecule has 86 valence electrons. The Morgan fingerprint density at radius 3 is 2.81 bits per heavy atom. The van der Waals surface area contributed by atoms with Gasteiger partial charge in [-0.25, -0.2) is 4.98 Å². The van der Waals surface area contributed by atoms with Crippen LogP contribution in [0.3, 0.4) is 0 Å². The molecule has 0 aromatic carbocycles. The van der Waals surface area contributed by atoms with E-state index in [4.69, 9.17) is 5.73 Å². The number of hydrogen-bond acceptors (Lipinski definition) is 3. The van der Waals surface area contributed by atoms with Crippen molar-refractivity contribution in [3.8, 4) is 0 Å². The fourth-order valence-electron chi connectivity index (χ4n) is 1.61. The summed E-state index contributed by atoms with van der Waals surface area (Å²) in [6.45, 7) is 4.75. The van der Waals surface area contributed by atoms with Crippen LogP contribution in [0.4, 0.5) is 5.82 Å². The quantitative estimate of drug-likeness (QED) is 0.809. The van der Waals surface area contributed by atoms with E-state index >= 15 is 0 Å². The second-order valence-electron chi connectivity index (χ2n) is 4.92. The Balaban J connectivity index is 2.02. The minimum absolute atomic E-state index is 0.0645. The fourth-order valence-corrected chi connectivity index (χ4v) is 1.61. The first-order valence-electron chi connectivity index (χ1n) is 5.51. The van der Waals surface area contributed by atoms with Crippen molar-refractivity contribution in [3.05, 3.63) is 23.4 Å². The van der Waals surface area contributed by atoms with Gasteiger partial charge < -0.3 is 11.1 Å². The molecule has 1 fully saturated rings. The van der Waals surface area contributed by atoms with Crippen LogP contribution in [0.1, 0.15) is 35.8 Å². The molecule has 4 nitrogen and oxygen atoms in total. The lowest BCUT2D eigenvalue weighted by Crippen LogP contribution is -2.29. The van der Waals surface area contributed by atoms with Gasteiger partial charge in [0.2, 0.25) is 0 Å². The summed E-state index contributed by atoms with van der Waals surface area (Å²) in [7, 11) is 0. The number of nitrogens with one attached hydrogen (secondary N) is 1. The van der Waals surface area contributed by atoms with Gasteiger partial charge in [0.1, 0.15) is 5.82 Å². The molecule has 4 heteroatoms. The molecule has 1 heterocycles. The van der Waals surface area contributed by atoms with Gasteiger partial charge >= 0.3 is 0 Å². The highest BCUT2D eigenvalue weighted by Gasteiger charge is 2.37. The Labute approximate surface area is 95.3 Å². The van der Waals surface area contributed by atoms with Crippen molar-refractivity contribution >= 4 is 11.7 Å². The van der Waals surface area contributed by atoms with Crippen LogP contribution >= 0.6 is 0 Å². The second-order valence-corrected chi connectivity index (χ2v) is 4.92. The van der Waals surface area contributed by atoms with E-state index in [0.717, 1.165) is 12.2 Å². The SMILES string of the molecule is Cc1cc(C(=O)NCC2(C)CC2)cc(N)n1. The van der Waals surface area contributed by atoms with Crippen LogP contribution in [-0.4, -0.2) is 17.4 Å². The van der Waals surface area contributed by atoms with Gasteiger partial charge in [0.25, 0.3) is 5.91 Å². The Bertz CT molecular complexity index is 404. The number of aromatic nitrogens is 1. The van der Waals surface area contributed by atoms with Crippen molar-refractivity contribution in [3.63, 3.8) is 0 Å². The predicted molar refractivity (Wildman–Crippen MR) is 63.1 cm³/mol. The van der Waals surface area contributed by atoms with Crippen molar-refractivity contribution in [1.29, 1.82) is 0 Å². The molecule has 3 N–H and O–H groups in total. The summed E-state index contributed by atoms with van der Waals surface area (Å²) in [5, 5.41) is 2.93. The summed E-state index contributed by atoms with van der Waals surface area (Å²) in [6, 6.07) is 3.36. The van der Waals surface area contributed by atoms with Gasteiger partial charge in [-0.05, 0) is 37.3 Å². The van der Waals surface area contributed by atoms with Gasteiger partial charge in [0.05, 0.1) is 0 Å². The lowest BCUT2D eigenvalue weighted by molar-refractivity contribution is 0.0946. The molecule has 1 saturated carbocycles. The number of carbonyl (C=O) groups is 1. The number of amides is 1. The van der Waals surface area contributed by atoms with Gasteiger partial charge in [-0.3, -0.25) is 4.79 Å². The average molecular weight is 219 g/mol. The summed E-state index contributed by atoms with van der Waals surface area (Å²) in [6.07, 6.45) is 2.40. The Morgan fingerprint density at radius 2 is 2.25 bits per heavy atom. The molecule has 0 spiro atoms. The molecule has 0 unspecified atom stereocenters. The normalized spacial score (nSPS) is 16.9. The molecule has 1 aromatic rings. The molecule has 0 bridgehead atoms. The number of carbonyl (C=O) groups excluding carboxylic acids is 1. The van der Waals surface area contributed by atoms with Crippen LogP contribution in [0.15, 0.2) is 12.1 Å². The monoisotopic (exact) mass is 219 g/mol. The maximum absolute atomic E-state index is 11.8. The minimum atomic E-state index is -0.0645. The minimum Gasteiger partial charge on any atom is -0.384 e. The maximum atomic E-state index is 11.8. The topological polar surface area (TPSA) is 68.0 Å². The van der Waals surface area contributed by atoms with Crippen LogP contribution in [-0.2, 0) is 0 Å². The van der Waals surface area contributed by atoms with Gasteiger partial charge in [0.15, 0.2) is 0 Å². The number of nitrogens with zero attached hydrogens (tertiary/aromatic N) is 1. The van der Waals surface area contributed by atoms with Crippen molar-refractivity contribution < 1.29 is 4.79 Å². The molecule has 1 aliphatic carbocycles. The van der Waals surface area contributed by atoms with Crippen molar-refractivity contribution in [1.82, 2.24) is 10.3 Å². The number of aryl methyl sites for hydroxylation is 1. The van der Waals surface area contributed by atoms with Crippen LogP contribution in [0, 0.1) is 12.3 Å². The zero-order valence-electron chi connectivity index (χ0n) is 9.71. The molecular weight excluding hydrogens is 202 g/mol. The van der Waals surface area contributed by atoms with Crippen molar-refractivity contribution in [2.24, 2.45) is 5.41 Å². The lowest BCUT2D eigenvalue weighted by atomic mass is 10.1. The Morgan fingerprint density at radius 1 is 1.56 bits per heavy atom. The van der Waals surface area contributed by atoms with Gasteiger partial charge in [-0.2, -0.15) is 0 Å². The Hall–Kier alpha value is -1.58. The van der Waals surface area contributed by atoms with E-state index in [-0.39, 0.29) is 5.91 Å². The number of pyridine rings is 1. The molecule has 1 aromatic heterocycles. The van der Waals surface area contributed by atoms with Gasteiger partial charge in [-0.15, -0.1) is 0 Å². The molecule has 0 atom stereocenters. The lowest BCUT2D eigenvalue weighted by Gasteiger charge is -2.10. The average Bonchev–Trinajstić information content (AvgIpc) is 2.92. The summed E-state index contributed by atoms with van der Waals surface area (Å²) < 4.78 is 0. The third kappa shape index (κ3) is 2.51. The molecule has 2 rings (SSSR count). The van der Waals surface area contributed by atoms with E-state index in [0.29, 0.717) is 16.8 Å². The van der Waals surface area contributed by atoms with Crippen molar-refractivity contribution in [2.45, 2.75) is 26.7 Å². The zero-order valence-corrected chi connectivity index (χ0v) is 9.71. The summed E-state index contributed by atoms with van der Waals surface area (Å²) in [4.78, 5) is 15.9. The first-order valence-corrected chi connectivity index (χ1v) is 5.51. The largest absolute Gasteiger partial charge is 0.384 e. The maximum Gasteiger partial charge on any atom is 0.251 e. The molecule has 1 amide bonds. The summed E-state index contributed by atoms with van der Waals surface area (Å²) >= 11 is 0. The number of nitrogens with two attached hydrogens (primary N) is 1. The number of nitrogen functional groups attached to an aromatic ring is 1. The van der Waals surface area contributed by atoms with Gasteiger partial charge in [0, 0.05) is 17.8 Å². The highest BCUT2D eigenvalue weighted by atomic mass is 16.1. The van der Waals surface area contributed by atoms with Crippen LogP contribution < -0.4 is 11.1 Å². The second kappa shape index (κ2) is 3.77. The summed E-state index contributed by atoms with van der Waals surface area (Å²) in [5.41, 5.74) is 7.28. The molecule has 0 radical (unpaired) electrons. The molecule has 0 saturated heterocycles. The number of rotatable bonds is 3. The smallest absolute Gasteiger partial charge is 0.251 e. The molecule has 0 aliphatic heterocycles. The molecule has 16 heavy (non-hydrogen) atoms. The van der Waals surface area contributed by atoms with E-state index in [1.165, 1.54) is 12.8 Å². The fraction of sp³-hybridized carbons (Fsp3) is 0.500. The highest BCUT2D eigenvalue weighted by Crippen LogP contribution is 2.44. The van der Waals surface area contributed by atoms with E-state index in [1.807, 2.05) is 6.92 Å². The van der Waals surface area contributed by atoms with Gasteiger partial charge in [-0.1, -0.05) is 6.92 Å². The molecular formula is C12H17N3O. The van der Waals surface area contributed by atoms with Crippen molar-refractivity contribution in [2.75, 3.05) is 12.3 Å². The summed E-state index contributed by atoms with van der Waals surface area (Å²) in [5.74, 6) is 0.327. The zero-order chi connectivity index (χ0) is 11.8. The van der Waals surface area contributed by atoms with E-state index < -0.39 is 0 Å². The highest BCUT2D eigenvalue weighted by molar-refractivity contribution is 5.94. The van der Waals surface area contributed by atoms with Crippen LogP contribution in [0.2, 0.25) is 0 Å². The number of hydrogen-bond donors (Lipinski definition) is 2. The van der Waals surface area contributed by atoms with E-state index in [1.54, 1.807) is 12.1 Å². The third-order valence-corrected chi connectivity index (χ3v) is 3.01. The first-order chi connectivity index (χ1) is 7.48. The predicted octanol–water partition coefficient (Wildman–Crippen LogP) is 1.50. The number of anilines is 1. The third-order valence-electron chi connectivity index (χ3n) is 3.01. The first kappa shape index (κ1) is 10.9. The van der Waals surface area contributed by atoms with E-state index in [2.05, 4.69) is 17.2 Å².